The predicted molar refractivity (Wildman–Crippen MR) is 129 cm³/mol. The number of hydrogen-bond donors (Lipinski definition) is 2. The van der Waals surface area contributed by atoms with Crippen molar-refractivity contribution in [2.24, 2.45) is 11.8 Å². The number of nitrogens with zero attached hydrogens (tertiary/aromatic N) is 6. The van der Waals surface area contributed by atoms with E-state index in [0.29, 0.717) is 12.4 Å². The molecular weight excluding hydrogens is 446 g/mol. The zero-order chi connectivity index (χ0) is 24.5. The maximum atomic E-state index is 13.5. The van der Waals surface area contributed by atoms with E-state index >= 15 is 0 Å². The van der Waals surface area contributed by atoms with Gasteiger partial charge in [0.05, 0.1) is 18.5 Å². The minimum absolute atomic E-state index is 0.0733. The quantitative estimate of drug-likeness (QED) is 0.382. The zero-order valence-electron chi connectivity index (χ0n) is 19.6. The van der Waals surface area contributed by atoms with Crippen molar-refractivity contribution in [1.29, 1.82) is 0 Å². The molecule has 1 aliphatic rings. The van der Waals surface area contributed by atoms with Crippen LogP contribution in [0, 0.1) is 11.8 Å². The van der Waals surface area contributed by atoms with E-state index in [0.717, 1.165) is 47.2 Å². The van der Waals surface area contributed by atoms with E-state index in [-0.39, 0.29) is 17.6 Å². The van der Waals surface area contributed by atoms with Gasteiger partial charge in [0, 0.05) is 29.8 Å². The standard InChI is InChI=1S/C25H27N7O3/c1-3-4-7-17-14-32(22-15(2)21(22)24(33)34)25(35)31(17)13-16-12-26-11-10-18(16)19-8-5-6-9-20(19)23-27-29-30-28-23/h5-6,8-12,14-15,21-22H,3-4,7,13H2,1-2H3,(H,33,34)(H,27,28,29,30). The molecule has 1 aromatic carbocycles. The number of carbonyl (C=O) groups is 1. The van der Waals surface area contributed by atoms with Crippen molar-refractivity contribution in [3.05, 3.63) is 70.7 Å². The lowest BCUT2D eigenvalue weighted by Crippen LogP contribution is -2.26. The molecule has 0 saturated heterocycles. The van der Waals surface area contributed by atoms with E-state index in [1.165, 1.54) is 0 Å². The number of nitrogens with one attached hydrogen (secondary N) is 1. The van der Waals surface area contributed by atoms with Crippen molar-refractivity contribution in [2.45, 2.75) is 45.7 Å². The Morgan fingerprint density at radius 3 is 2.66 bits per heavy atom. The van der Waals surface area contributed by atoms with E-state index < -0.39 is 11.9 Å². The van der Waals surface area contributed by atoms with Crippen LogP contribution in [0.25, 0.3) is 22.5 Å². The van der Waals surface area contributed by atoms with Crippen molar-refractivity contribution in [2.75, 3.05) is 0 Å². The Hall–Kier alpha value is -4.08. The van der Waals surface area contributed by atoms with Crippen LogP contribution in [0.2, 0.25) is 0 Å². The molecule has 0 radical (unpaired) electrons. The highest BCUT2D eigenvalue weighted by molar-refractivity contribution is 5.81. The molecule has 0 amide bonds. The second-order valence-electron chi connectivity index (χ2n) is 9.03. The van der Waals surface area contributed by atoms with Crippen LogP contribution < -0.4 is 5.69 Å². The number of benzene rings is 1. The van der Waals surface area contributed by atoms with Gasteiger partial charge < -0.3 is 5.11 Å². The van der Waals surface area contributed by atoms with Crippen LogP contribution >= 0.6 is 0 Å². The van der Waals surface area contributed by atoms with Gasteiger partial charge in [0.2, 0.25) is 5.82 Å². The van der Waals surface area contributed by atoms with Crippen molar-refractivity contribution in [3.63, 3.8) is 0 Å². The van der Waals surface area contributed by atoms with Crippen molar-refractivity contribution in [3.8, 4) is 22.5 Å². The Morgan fingerprint density at radius 1 is 1.17 bits per heavy atom. The van der Waals surface area contributed by atoms with Crippen LogP contribution in [0.5, 0.6) is 0 Å². The van der Waals surface area contributed by atoms with Gasteiger partial charge in [-0.3, -0.25) is 18.9 Å². The van der Waals surface area contributed by atoms with E-state index in [1.54, 1.807) is 21.5 Å². The van der Waals surface area contributed by atoms with Crippen molar-refractivity contribution < 1.29 is 9.90 Å². The molecule has 10 heteroatoms. The number of hydrogen-bond acceptors (Lipinski definition) is 6. The van der Waals surface area contributed by atoms with E-state index in [9.17, 15) is 14.7 Å². The number of aryl methyl sites for hydroxylation is 1. The molecule has 1 fully saturated rings. The molecule has 10 nitrogen and oxygen atoms in total. The van der Waals surface area contributed by atoms with Gasteiger partial charge in [-0.1, -0.05) is 44.5 Å². The van der Waals surface area contributed by atoms with Crippen LogP contribution in [0.3, 0.4) is 0 Å². The van der Waals surface area contributed by atoms with Gasteiger partial charge in [-0.15, -0.1) is 10.2 Å². The van der Waals surface area contributed by atoms with Crippen LogP contribution in [0.4, 0.5) is 0 Å². The minimum atomic E-state index is -0.857. The fourth-order valence-corrected chi connectivity index (χ4v) is 4.90. The topological polar surface area (TPSA) is 132 Å². The molecule has 3 aromatic heterocycles. The molecular formula is C25H27N7O3. The number of rotatable bonds is 9. The number of unbranched alkanes of at least 4 members (excludes halogenated alkanes) is 1. The lowest BCUT2D eigenvalue weighted by molar-refractivity contribution is -0.139. The molecule has 1 aliphatic carbocycles. The lowest BCUT2D eigenvalue weighted by Gasteiger charge is -2.13. The molecule has 1 saturated carbocycles. The van der Waals surface area contributed by atoms with E-state index in [2.05, 4.69) is 32.5 Å². The minimum Gasteiger partial charge on any atom is -0.481 e. The number of tetrazole rings is 1. The third kappa shape index (κ3) is 4.16. The molecule has 0 aliphatic heterocycles. The third-order valence-electron chi connectivity index (χ3n) is 6.85. The highest BCUT2D eigenvalue weighted by Gasteiger charge is 2.54. The van der Waals surface area contributed by atoms with Gasteiger partial charge in [-0.25, -0.2) is 4.79 Å². The molecule has 5 rings (SSSR count). The summed E-state index contributed by atoms with van der Waals surface area (Å²) in [6, 6.07) is 9.39. The summed E-state index contributed by atoms with van der Waals surface area (Å²) in [4.78, 5) is 29.5. The van der Waals surface area contributed by atoms with Crippen LogP contribution in [-0.2, 0) is 17.8 Å². The molecule has 3 heterocycles. The molecule has 3 unspecified atom stereocenters. The number of aliphatic carboxylic acids is 1. The number of imidazole rings is 1. The fourth-order valence-electron chi connectivity index (χ4n) is 4.90. The van der Waals surface area contributed by atoms with E-state index in [1.807, 2.05) is 43.5 Å². The third-order valence-corrected chi connectivity index (χ3v) is 6.85. The summed E-state index contributed by atoms with van der Waals surface area (Å²) in [6.07, 6.45) is 8.02. The van der Waals surface area contributed by atoms with Gasteiger partial charge in [0.15, 0.2) is 0 Å². The summed E-state index contributed by atoms with van der Waals surface area (Å²) < 4.78 is 3.38. The van der Waals surface area contributed by atoms with Gasteiger partial charge in [-0.2, -0.15) is 5.21 Å². The Labute approximate surface area is 201 Å². The average Bonchev–Trinajstić information content (AvgIpc) is 3.18. The number of carboxylic acids is 1. The molecule has 2 N–H and O–H groups in total. The van der Waals surface area contributed by atoms with Gasteiger partial charge >= 0.3 is 11.7 Å². The summed E-state index contributed by atoms with van der Waals surface area (Å²) in [5, 5.41) is 24.0. The highest BCUT2D eigenvalue weighted by Crippen LogP contribution is 2.49. The van der Waals surface area contributed by atoms with Crippen molar-refractivity contribution in [1.82, 2.24) is 34.7 Å². The second-order valence-corrected chi connectivity index (χ2v) is 9.03. The Bertz CT molecular complexity index is 1410. The number of pyridine rings is 1. The van der Waals surface area contributed by atoms with Crippen LogP contribution in [-0.4, -0.2) is 45.8 Å². The molecule has 0 spiro atoms. The summed E-state index contributed by atoms with van der Waals surface area (Å²) >= 11 is 0. The maximum absolute atomic E-state index is 13.5. The van der Waals surface area contributed by atoms with Crippen molar-refractivity contribution >= 4 is 5.97 Å². The summed E-state index contributed by atoms with van der Waals surface area (Å²) in [5.41, 5.74) is 4.25. The first-order valence-corrected chi connectivity index (χ1v) is 11.8. The normalized spacial score (nSPS) is 19.1. The molecule has 3 atom stereocenters. The largest absolute Gasteiger partial charge is 0.481 e. The number of aromatic amines is 1. The first-order chi connectivity index (χ1) is 17.0. The fraction of sp³-hybridized carbons (Fsp3) is 0.360. The first-order valence-electron chi connectivity index (χ1n) is 11.8. The SMILES string of the molecule is CCCCc1cn(C2C(C)C2C(=O)O)c(=O)n1Cc1cnccc1-c1ccccc1-c1nn[nH]n1. The Balaban J connectivity index is 1.57. The highest BCUT2D eigenvalue weighted by atomic mass is 16.4. The van der Waals surface area contributed by atoms with Gasteiger partial charge in [-0.05, 0) is 46.7 Å². The number of H-pyrrole nitrogens is 1. The van der Waals surface area contributed by atoms with Gasteiger partial charge in [0.1, 0.15) is 0 Å². The Morgan fingerprint density at radius 2 is 1.97 bits per heavy atom. The molecule has 35 heavy (non-hydrogen) atoms. The molecule has 180 valence electrons. The monoisotopic (exact) mass is 473 g/mol. The molecule has 0 bridgehead atoms. The zero-order valence-corrected chi connectivity index (χ0v) is 19.6. The van der Waals surface area contributed by atoms with Crippen LogP contribution in [0.15, 0.2) is 53.7 Å². The lowest BCUT2D eigenvalue weighted by atomic mass is 9.96. The number of carboxylic acid groups (broad SMARTS) is 1. The number of aromatic nitrogens is 7. The first kappa shape index (κ1) is 22.7. The second kappa shape index (κ2) is 9.28. The summed E-state index contributed by atoms with van der Waals surface area (Å²) in [6.45, 7) is 4.32. The summed E-state index contributed by atoms with van der Waals surface area (Å²) in [5.74, 6) is -0.975. The smallest absolute Gasteiger partial charge is 0.328 e. The van der Waals surface area contributed by atoms with Gasteiger partial charge in [0.25, 0.3) is 0 Å². The summed E-state index contributed by atoms with van der Waals surface area (Å²) in [7, 11) is 0. The average molecular weight is 474 g/mol. The van der Waals surface area contributed by atoms with E-state index in [4.69, 9.17) is 0 Å². The van der Waals surface area contributed by atoms with Crippen LogP contribution in [0.1, 0.15) is 44.0 Å². The Kier molecular flexibility index (Phi) is 6.02. The predicted octanol–water partition coefficient (Wildman–Crippen LogP) is 3.17. The maximum Gasteiger partial charge on any atom is 0.328 e. The molecule has 4 aromatic rings.